The van der Waals surface area contributed by atoms with E-state index in [9.17, 15) is 8.42 Å². The number of anilines is 1. The molecule has 0 spiro atoms. The topological polar surface area (TPSA) is 52.7 Å². The highest BCUT2D eigenvalue weighted by Crippen LogP contribution is 2.18. The quantitative estimate of drug-likeness (QED) is 0.714. The second-order valence-electron chi connectivity index (χ2n) is 8.20. The van der Waals surface area contributed by atoms with Gasteiger partial charge in [0.2, 0.25) is 10.0 Å². The van der Waals surface area contributed by atoms with Crippen molar-refractivity contribution < 1.29 is 8.42 Å². The SMILES string of the molecule is CC(C)c1ccc(S(=O)(=O)N[C@@H](C)CCN2CCN(c3ccccc3)CC2)cc1. The van der Waals surface area contributed by atoms with Crippen molar-refractivity contribution in [3.63, 3.8) is 0 Å². The van der Waals surface area contributed by atoms with Crippen molar-refractivity contribution in [3.8, 4) is 0 Å². The number of piperazine rings is 1. The molecule has 1 fully saturated rings. The predicted octanol–water partition coefficient (Wildman–Crippen LogP) is 3.69. The Hall–Kier alpha value is -1.89. The fraction of sp³-hybridized carbons (Fsp3) is 0.478. The third-order valence-corrected chi connectivity index (χ3v) is 7.19. The van der Waals surface area contributed by atoms with Gasteiger partial charge in [-0.15, -0.1) is 0 Å². The van der Waals surface area contributed by atoms with Gasteiger partial charge in [0.15, 0.2) is 0 Å². The first-order valence-corrected chi connectivity index (χ1v) is 12.0. The Morgan fingerprint density at radius 1 is 0.897 bits per heavy atom. The van der Waals surface area contributed by atoms with Crippen LogP contribution in [0.4, 0.5) is 5.69 Å². The van der Waals surface area contributed by atoms with Crippen LogP contribution in [0.1, 0.15) is 38.7 Å². The highest BCUT2D eigenvalue weighted by molar-refractivity contribution is 7.89. The lowest BCUT2D eigenvalue weighted by Gasteiger charge is -2.36. The van der Waals surface area contributed by atoms with E-state index in [1.165, 1.54) is 5.69 Å². The van der Waals surface area contributed by atoms with Crippen LogP contribution in [0.2, 0.25) is 0 Å². The third-order valence-electron chi connectivity index (χ3n) is 5.59. The van der Waals surface area contributed by atoms with Crippen LogP contribution in [-0.4, -0.2) is 52.1 Å². The molecule has 3 rings (SSSR count). The molecule has 0 amide bonds. The summed E-state index contributed by atoms with van der Waals surface area (Å²) < 4.78 is 28.1. The molecule has 0 saturated carbocycles. The van der Waals surface area contributed by atoms with E-state index in [1.807, 2.05) is 25.1 Å². The number of rotatable bonds is 8. The van der Waals surface area contributed by atoms with E-state index >= 15 is 0 Å². The van der Waals surface area contributed by atoms with Gasteiger partial charge >= 0.3 is 0 Å². The Morgan fingerprint density at radius 2 is 1.52 bits per heavy atom. The molecule has 0 bridgehead atoms. The Morgan fingerprint density at radius 3 is 2.10 bits per heavy atom. The largest absolute Gasteiger partial charge is 0.369 e. The van der Waals surface area contributed by atoms with Gasteiger partial charge in [-0.1, -0.05) is 44.2 Å². The zero-order chi connectivity index (χ0) is 20.9. The molecule has 29 heavy (non-hydrogen) atoms. The molecule has 158 valence electrons. The Labute approximate surface area is 175 Å². The zero-order valence-corrected chi connectivity index (χ0v) is 18.5. The maximum absolute atomic E-state index is 12.6. The fourth-order valence-electron chi connectivity index (χ4n) is 3.67. The van der Waals surface area contributed by atoms with E-state index < -0.39 is 10.0 Å². The van der Waals surface area contributed by atoms with Gasteiger partial charge in [-0.3, -0.25) is 4.90 Å². The molecule has 6 heteroatoms. The second-order valence-corrected chi connectivity index (χ2v) is 9.91. The van der Waals surface area contributed by atoms with Crippen LogP contribution in [-0.2, 0) is 10.0 Å². The summed E-state index contributed by atoms with van der Waals surface area (Å²) in [5.41, 5.74) is 2.42. The number of sulfonamides is 1. The summed E-state index contributed by atoms with van der Waals surface area (Å²) >= 11 is 0. The molecule has 1 aliphatic rings. The number of hydrogen-bond acceptors (Lipinski definition) is 4. The maximum atomic E-state index is 12.6. The van der Waals surface area contributed by atoms with Crippen LogP contribution in [0, 0.1) is 0 Å². The van der Waals surface area contributed by atoms with Gasteiger partial charge in [-0.2, -0.15) is 0 Å². The van der Waals surface area contributed by atoms with E-state index in [0.29, 0.717) is 10.8 Å². The summed E-state index contributed by atoms with van der Waals surface area (Å²) in [6.45, 7) is 11.1. The zero-order valence-electron chi connectivity index (χ0n) is 17.7. The molecule has 1 heterocycles. The highest BCUT2D eigenvalue weighted by Gasteiger charge is 2.20. The third kappa shape index (κ3) is 6.04. The van der Waals surface area contributed by atoms with Crippen molar-refractivity contribution >= 4 is 15.7 Å². The fourth-order valence-corrected chi connectivity index (χ4v) is 4.95. The molecule has 1 atom stereocenters. The molecule has 2 aromatic carbocycles. The summed E-state index contributed by atoms with van der Waals surface area (Å²) in [6, 6.07) is 17.6. The molecular weight excluding hydrogens is 382 g/mol. The van der Waals surface area contributed by atoms with Crippen molar-refractivity contribution in [1.82, 2.24) is 9.62 Å². The van der Waals surface area contributed by atoms with Gasteiger partial charge < -0.3 is 4.90 Å². The number of hydrogen-bond donors (Lipinski definition) is 1. The van der Waals surface area contributed by atoms with Crippen LogP contribution in [0.25, 0.3) is 0 Å². The lowest BCUT2D eigenvalue weighted by molar-refractivity contribution is 0.248. The molecule has 1 saturated heterocycles. The van der Waals surface area contributed by atoms with Crippen LogP contribution in [0.5, 0.6) is 0 Å². The van der Waals surface area contributed by atoms with E-state index in [-0.39, 0.29) is 6.04 Å². The molecule has 0 aromatic heterocycles. The maximum Gasteiger partial charge on any atom is 0.240 e. The van der Waals surface area contributed by atoms with Crippen LogP contribution in [0.15, 0.2) is 59.5 Å². The normalized spacial score (nSPS) is 16.9. The first-order chi connectivity index (χ1) is 13.8. The molecular formula is C23H33N3O2S. The molecule has 2 aromatic rings. The van der Waals surface area contributed by atoms with Gasteiger partial charge in [-0.05, 0) is 55.6 Å². The van der Waals surface area contributed by atoms with Crippen molar-refractivity contribution in [2.75, 3.05) is 37.6 Å². The Bertz CT molecular complexity index is 859. The van der Waals surface area contributed by atoms with Gasteiger partial charge in [0.05, 0.1) is 4.90 Å². The first kappa shape index (κ1) is 21.8. The highest BCUT2D eigenvalue weighted by atomic mass is 32.2. The van der Waals surface area contributed by atoms with E-state index in [0.717, 1.165) is 44.7 Å². The minimum absolute atomic E-state index is 0.100. The lowest BCUT2D eigenvalue weighted by Crippen LogP contribution is -2.47. The average Bonchev–Trinajstić information content (AvgIpc) is 2.73. The molecule has 0 aliphatic carbocycles. The van der Waals surface area contributed by atoms with Crippen molar-refractivity contribution in [2.45, 2.75) is 44.0 Å². The van der Waals surface area contributed by atoms with Crippen molar-refractivity contribution in [3.05, 3.63) is 60.2 Å². The summed E-state index contributed by atoms with van der Waals surface area (Å²) in [6.07, 6.45) is 0.800. The van der Waals surface area contributed by atoms with Crippen LogP contribution < -0.4 is 9.62 Å². The van der Waals surface area contributed by atoms with Crippen molar-refractivity contribution in [1.29, 1.82) is 0 Å². The smallest absolute Gasteiger partial charge is 0.240 e. The summed E-state index contributed by atoms with van der Waals surface area (Å²) in [4.78, 5) is 5.16. The van der Waals surface area contributed by atoms with Gasteiger partial charge in [0, 0.05) is 37.9 Å². The molecule has 0 radical (unpaired) electrons. The number of benzene rings is 2. The number of para-hydroxylation sites is 1. The van der Waals surface area contributed by atoms with Crippen LogP contribution in [0.3, 0.4) is 0 Å². The molecule has 0 unspecified atom stereocenters. The average molecular weight is 416 g/mol. The van der Waals surface area contributed by atoms with Gasteiger partial charge in [0.1, 0.15) is 0 Å². The monoisotopic (exact) mass is 415 g/mol. The Balaban J connectivity index is 1.45. The standard InChI is InChI=1S/C23H33N3O2S/c1-19(2)21-9-11-23(12-10-21)29(27,28)24-20(3)13-14-25-15-17-26(18-16-25)22-7-5-4-6-8-22/h4-12,19-20,24H,13-18H2,1-3H3/t20-/m0/s1. The molecule has 5 nitrogen and oxygen atoms in total. The first-order valence-electron chi connectivity index (χ1n) is 10.5. The number of nitrogens with zero attached hydrogens (tertiary/aromatic N) is 2. The molecule has 1 aliphatic heterocycles. The lowest BCUT2D eigenvalue weighted by atomic mass is 10.0. The van der Waals surface area contributed by atoms with Gasteiger partial charge in [-0.25, -0.2) is 13.1 Å². The second kappa shape index (κ2) is 9.74. The van der Waals surface area contributed by atoms with E-state index in [4.69, 9.17) is 0 Å². The predicted molar refractivity (Wildman–Crippen MR) is 120 cm³/mol. The summed E-state index contributed by atoms with van der Waals surface area (Å²) in [7, 11) is -3.48. The van der Waals surface area contributed by atoms with Crippen molar-refractivity contribution in [2.24, 2.45) is 0 Å². The molecule has 1 N–H and O–H groups in total. The number of nitrogens with one attached hydrogen (secondary N) is 1. The van der Waals surface area contributed by atoms with E-state index in [2.05, 4.69) is 52.6 Å². The van der Waals surface area contributed by atoms with Crippen LogP contribution >= 0.6 is 0 Å². The van der Waals surface area contributed by atoms with E-state index in [1.54, 1.807) is 12.1 Å². The minimum atomic E-state index is -3.48. The van der Waals surface area contributed by atoms with Gasteiger partial charge in [0.25, 0.3) is 0 Å². The summed E-state index contributed by atoms with van der Waals surface area (Å²) in [5.74, 6) is 0.390. The summed E-state index contributed by atoms with van der Waals surface area (Å²) in [5, 5.41) is 0. The Kier molecular flexibility index (Phi) is 7.33. The minimum Gasteiger partial charge on any atom is -0.369 e.